The van der Waals surface area contributed by atoms with Crippen LogP contribution in [0, 0.1) is 5.92 Å². The lowest BCUT2D eigenvalue weighted by Gasteiger charge is -2.17. The smallest absolute Gasteiger partial charge is 0.353 e. The number of ether oxygens (including phenoxy) is 3. The van der Waals surface area contributed by atoms with Gasteiger partial charge >= 0.3 is 11.9 Å². The lowest BCUT2D eigenvalue weighted by atomic mass is 10.0. The number of esters is 2. The van der Waals surface area contributed by atoms with Crippen LogP contribution in [0.3, 0.4) is 0 Å². The van der Waals surface area contributed by atoms with Gasteiger partial charge in [0.1, 0.15) is 22.1 Å². The number of thiophene rings is 1. The second-order valence-electron chi connectivity index (χ2n) is 10.3. The summed E-state index contributed by atoms with van der Waals surface area (Å²) < 4.78 is 16.7. The molecule has 4 aromatic carbocycles. The van der Waals surface area contributed by atoms with Crippen molar-refractivity contribution >= 4 is 40.7 Å². The maximum absolute atomic E-state index is 12.8. The molecule has 1 aliphatic rings. The Hall–Kier alpha value is -5.54. The zero-order valence-electron chi connectivity index (χ0n) is 24.0. The van der Waals surface area contributed by atoms with Gasteiger partial charge in [0.15, 0.2) is 12.4 Å². The van der Waals surface area contributed by atoms with Crippen LogP contribution >= 0.6 is 11.3 Å². The Bertz CT molecular complexity index is 1820. The van der Waals surface area contributed by atoms with E-state index >= 15 is 0 Å². The molecule has 0 unspecified atom stereocenters. The predicted molar refractivity (Wildman–Crippen MR) is 170 cm³/mol. The molecule has 1 atom stereocenters. The number of Topliss-reactive ketones (excluding diaryl/α,β-unsaturated/α-hetero) is 1. The Labute approximate surface area is 263 Å². The number of rotatable bonds is 10. The van der Waals surface area contributed by atoms with Crippen molar-refractivity contribution < 1.29 is 33.4 Å². The highest BCUT2D eigenvalue weighted by molar-refractivity contribution is 7.12. The van der Waals surface area contributed by atoms with Crippen molar-refractivity contribution in [3.8, 4) is 28.4 Å². The van der Waals surface area contributed by atoms with E-state index in [1.807, 2.05) is 54.6 Å². The first-order valence-electron chi connectivity index (χ1n) is 14.2. The summed E-state index contributed by atoms with van der Waals surface area (Å²) in [5.74, 6) is -0.799. The number of hydrogen-bond donors (Lipinski definition) is 0. The highest BCUT2D eigenvalue weighted by atomic mass is 32.1. The SMILES string of the molecule is O=C(COC(=O)[C@H]1CC(=O)N(c2ccc(Oc3ccccc3-c3ccccc3)cc2)C1)c1ccc(OC(=O)c2cccs2)cc1. The number of amides is 1. The van der Waals surface area contributed by atoms with Crippen LogP contribution in [0.1, 0.15) is 26.5 Å². The number of nitrogens with zero attached hydrogens (tertiary/aromatic N) is 1. The van der Waals surface area contributed by atoms with E-state index in [2.05, 4.69) is 0 Å². The molecule has 0 saturated carbocycles. The fourth-order valence-electron chi connectivity index (χ4n) is 4.95. The van der Waals surface area contributed by atoms with Gasteiger partial charge in [-0.15, -0.1) is 11.3 Å². The molecule has 1 amide bonds. The number of carbonyl (C=O) groups excluding carboxylic acids is 4. The molecule has 6 rings (SSSR count). The van der Waals surface area contributed by atoms with Crippen molar-refractivity contribution in [2.45, 2.75) is 6.42 Å². The molecule has 5 aromatic rings. The normalized spacial score (nSPS) is 14.2. The average Bonchev–Trinajstić information content (AvgIpc) is 3.76. The molecule has 2 heterocycles. The minimum atomic E-state index is -0.696. The summed E-state index contributed by atoms with van der Waals surface area (Å²) >= 11 is 1.27. The van der Waals surface area contributed by atoms with Crippen molar-refractivity contribution in [3.05, 3.63) is 131 Å². The van der Waals surface area contributed by atoms with Gasteiger partial charge in [-0.3, -0.25) is 14.4 Å². The van der Waals surface area contributed by atoms with Crippen LogP contribution in [0.4, 0.5) is 5.69 Å². The lowest BCUT2D eigenvalue weighted by Crippen LogP contribution is -2.27. The average molecular weight is 618 g/mol. The second kappa shape index (κ2) is 13.4. The molecule has 0 bridgehead atoms. The van der Waals surface area contributed by atoms with E-state index < -0.39 is 30.2 Å². The predicted octanol–water partition coefficient (Wildman–Crippen LogP) is 7.21. The molecule has 0 aliphatic carbocycles. The first kappa shape index (κ1) is 29.5. The molecule has 224 valence electrons. The van der Waals surface area contributed by atoms with Gasteiger partial charge in [0.25, 0.3) is 0 Å². The van der Waals surface area contributed by atoms with Gasteiger partial charge < -0.3 is 19.1 Å². The Morgan fingerprint density at radius 1 is 0.778 bits per heavy atom. The van der Waals surface area contributed by atoms with Gasteiger partial charge in [-0.25, -0.2) is 4.79 Å². The fourth-order valence-corrected chi connectivity index (χ4v) is 5.55. The molecule has 8 nitrogen and oxygen atoms in total. The third-order valence-corrected chi connectivity index (χ3v) is 8.11. The van der Waals surface area contributed by atoms with Crippen LogP contribution in [0.5, 0.6) is 17.2 Å². The maximum atomic E-state index is 12.8. The van der Waals surface area contributed by atoms with Gasteiger partial charge in [0.05, 0.1) is 5.92 Å². The third-order valence-electron chi connectivity index (χ3n) is 7.26. The van der Waals surface area contributed by atoms with Crippen molar-refractivity contribution in [2.75, 3.05) is 18.1 Å². The minimum Gasteiger partial charge on any atom is -0.457 e. The fraction of sp³-hybridized carbons (Fsp3) is 0.111. The first-order valence-corrected chi connectivity index (χ1v) is 15.1. The zero-order valence-corrected chi connectivity index (χ0v) is 24.8. The lowest BCUT2D eigenvalue weighted by molar-refractivity contribution is -0.147. The largest absolute Gasteiger partial charge is 0.457 e. The third kappa shape index (κ3) is 7.00. The standard InChI is InChI=1S/C36H27NO7S/c38-31(25-12-16-29(17-13-25)44-36(41)33-11-6-20-45-33)23-42-35(40)26-21-34(39)37(22-26)27-14-18-28(19-15-27)43-32-10-5-4-9-30(32)24-7-2-1-3-8-24/h1-20,26H,21-23H2/t26-/m0/s1. The summed E-state index contributed by atoms with van der Waals surface area (Å²) in [5, 5.41) is 1.78. The molecule has 45 heavy (non-hydrogen) atoms. The number of para-hydroxylation sites is 1. The van der Waals surface area contributed by atoms with E-state index in [4.69, 9.17) is 14.2 Å². The van der Waals surface area contributed by atoms with Crippen molar-refractivity contribution in [3.63, 3.8) is 0 Å². The van der Waals surface area contributed by atoms with Crippen molar-refractivity contribution in [1.29, 1.82) is 0 Å². The van der Waals surface area contributed by atoms with E-state index in [0.717, 1.165) is 11.1 Å². The molecule has 0 spiro atoms. The van der Waals surface area contributed by atoms with Crippen molar-refractivity contribution in [2.24, 2.45) is 5.92 Å². The quantitative estimate of drug-likeness (QED) is 0.0928. The van der Waals surface area contributed by atoms with Gasteiger partial charge in [-0.2, -0.15) is 0 Å². The highest BCUT2D eigenvalue weighted by Gasteiger charge is 2.36. The summed E-state index contributed by atoms with van der Waals surface area (Å²) in [5.41, 5.74) is 2.94. The number of hydrogen-bond acceptors (Lipinski definition) is 8. The molecule has 0 N–H and O–H groups in total. The van der Waals surface area contributed by atoms with Crippen LogP contribution in [0.25, 0.3) is 11.1 Å². The molecule has 0 radical (unpaired) electrons. The van der Waals surface area contributed by atoms with Gasteiger partial charge in [0, 0.05) is 29.8 Å². The van der Waals surface area contributed by atoms with E-state index in [1.165, 1.54) is 40.5 Å². The number of anilines is 1. The molecule has 1 aliphatic heterocycles. The summed E-state index contributed by atoms with van der Waals surface area (Å²) in [4.78, 5) is 52.3. The van der Waals surface area contributed by atoms with E-state index in [9.17, 15) is 19.2 Å². The van der Waals surface area contributed by atoms with E-state index in [1.54, 1.807) is 41.8 Å². The van der Waals surface area contributed by atoms with Crippen LogP contribution in [0.15, 0.2) is 121 Å². The van der Waals surface area contributed by atoms with E-state index in [-0.39, 0.29) is 18.9 Å². The molecule has 1 aromatic heterocycles. The topological polar surface area (TPSA) is 99.2 Å². The highest BCUT2D eigenvalue weighted by Crippen LogP contribution is 2.34. The monoisotopic (exact) mass is 617 g/mol. The van der Waals surface area contributed by atoms with Crippen LogP contribution in [-0.4, -0.2) is 36.8 Å². The Morgan fingerprint density at radius 3 is 2.22 bits per heavy atom. The van der Waals surface area contributed by atoms with Gasteiger partial charge in [-0.05, 0) is 71.6 Å². The molecule has 9 heteroatoms. The first-order chi connectivity index (χ1) is 21.9. The van der Waals surface area contributed by atoms with Gasteiger partial charge in [0.2, 0.25) is 5.91 Å². The zero-order chi connectivity index (χ0) is 31.2. The van der Waals surface area contributed by atoms with Crippen LogP contribution < -0.4 is 14.4 Å². The Morgan fingerprint density at radius 2 is 1.49 bits per heavy atom. The molecule has 1 saturated heterocycles. The van der Waals surface area contributed by atoms with Gasteiger partial charge in [-0.1, -0.05) is 54.6 Å². The molecular formula is C36H27NO7S. The number of ketones is 1. The van der Waals surface area contributed by atoms with Crippen LogP contribution in [0.2, 0.25) is 0 Å². The summed E-state index contributed by atoms with van der Waals surface area (Å²) in [6.45, 7) is -0.318. The van der Waals surface area contributed by atoms with E-state index in [0.29, 0.717) is 33.4 Å². The van der Waals surface area contributed by atoms with Crippen molar-refractivity contribution in [1.82, 2.24) is 0 Å². The summed E-state index contributed by atoms with van der Waals surface area (Å²) in [6, 6.07) is 34.3. The number of benzene rings is 4. The summed E-state index contributed by atoms with van der Waals surface area (Å²) in [7, 11) is 0. The molecule has 1 fully saturated rings. The number of carbonyl (C=O) groups is 4. The Kier molecular flexibility index (Phi) is 8.79. The minimum absolute atomic E-state index is 0.0139. The van der Waals surface area contributed by atoms with Crippen LogP contribution in [-0.2, 0) is 14.3 Å². The maximum Gasteiger partial charge on any atom is 0.353 e. The molecular weight excluding hydrogens is 590 g/mol. The second-order valence-corrected chi connectivity index (χ2v) is 11.2. The summed E-state index contributed by atoms with van der Waals surface area (Å²) in [6.07, 6.45) is -0.0139. The Balaban J connectivity index is 1.01.